The van der Waals surface area contributed by atoms with Crippen LogP contribution in [0.25, 0.3) is 10.9 Å². The van der Waals surface area contributed by atoms with Crippen LogP contribution in [-0.4, -0.2) is 53.3 Å². The van der Waals surface area contributed by atoms with Gasteiger partial charge >= 0.3 is 0 Å². The van der Waals surface area contributed by atoms with Crippen molar-refractivity contribution in [3.8, 4) is 0 Å². The third-order valence-electron chi connectivity index (χ3n) is 5.99. The van der Waals surface area contributed by atoms with Crippen molar-refractivity contribution in [1.29, 1.82) is 0 Å². The van der Waals surface area contributed by atoms with Crippen molar-refractivity contribution in [3.05, 3.63) is 40.4 Å². The van der Waals surface area contributed by atoms with Gasteiger partial charge < -0.3 is 10.1 Å². The number of aromatic nitrogens is 2. The molecule has 1 saturated carbocycles. The Morgan fingerprint density at radius 1 is 1.21 bits per heavy atom. The molecule has 1 aromatic heterocycles. The fourth-order valence-corrected chi connectivity index (χ4v) is 4.55. The van der Waals surface area contributed by atoms with Gasteiger partial charge in [0.25, 0.3) is 5.56 Å². The molecule has 1 saturated heterocycles. The maximum atomic E-state index is 13.3. The van der Waals surface area contributed by atoms with Gasteiger partial charge in [-0.25, -0.2) is 4.98 Å². The number of ether oxygens (including phenoxy) is 1. The molecule has 0 bridgehead atoms. The number of fused-ring (bicyclic) bond motifs is 1. The Morgan fingerprint density at radius 2 is 1.93 bits per heavy atom. The van der Waals surface area contributed by atoms with Gasteiger partial charge in [0, 0.05) is 32.3 Å². The third kappa shape index (κ3) is 4.14. The van der Waals surface area contributed by atoms with E-state index in [-0.39, 0.29) is 11.6 Å². The SMILES string of the molecule is COCCn1c(C(CC2CC2)N2C[C@@H](C)N[C@@H](C)C2)nc2ccccc2c1=O. The van der Waals surface area contributed by atoms with E-state index in [4.69, 9.17) is 9.72 Å². The summed E-state index contributed by atoms with van der Waals surface area (Å²) in [6.45, 7) is 7.49. The van der Waals surface area contributed by atoms with Crippen LogP contribution in [0.1, 0.15) is 45.0 Å². The van der Waals surface area contributed by atoms with Gasteiger partial charge in [-0.15, -0.1) is 0 Å². The highest BCUT2D eigenvalue weighted by molar-refractivity contribution is 5.77. The van der Waals surface area contributed by atoms with Crippen molar-refractivity contribution < 1.29 is 4.74 Å². The molecule has 4 rings (SSSR count). The smallest absolute Gasteiger partial charge is 0.261 e. The number of rotatable bonds is 7. The molecule has 28 heavy (non-hydrogen) atoms. The second kappa shape index (κ2) is 8.31. The standard InChI is InChI=1S/C22H32N4O2/c1-15-13-25(14-16(2)23-15)20(12-17-8-9-17)21-24-19-7-5-4-6-18(19)22(27)26(21)10-11-28-3/h4-7,15-17,20,23H,8-14H2,1-3H3/t15-,16+,20?. The van der Waals surface area contributed by atoms with Crippen LogP contribution >= 0.6 is 0 Å². The maximum Gasteiger partial charge on any atom is 0.261 e. The molecule has 2 aliphatic rings. The second-order valence-electron chi connectivity index (χ2n) is 8.55. The van der Waals surface area contributed by atoms with Crippen LogP contribution in [0.4, 0.5) is 0 Å². The van der Waals surface area contributed by atoms with Crippen LogP contribution in [0.5, 0.6) is 0 Å². The molecule has 152 valence electrons. The molecule has 1 aromatic carbocycles. The first-order valence-corrected chi connectivity index (χ1v) is 10.5. The minimum absolute atomic E-state index is 0.0506. The number of nitrogens with one attached hydrogen (secondary N) is 1. The zero-order valence-corrected chi connectivity index (χ0v) is 17.2. The average Bonchev–Trinajstić information content (AvgIpc) is 3.49. The quantitative estimate of drug-likeness (QED) is 0.795. The lowest BCUT2D eigenvalue weighted by Crippen LogP contribution is -2.55. The van der Waals surface area contributed by atoms with E-state index in [1.165, 1.54) is 12.8 Å². The Hall–Kier alpha value is -1.76. The Bertz CT molecular complexity index is 866. The van der Waals surface area contributed by atoms with E-state index in [0.29, 0.717) is 30.6 Å². The Labute approximate surface area is 166 Å². The highest BCUT2D eigenvalue weighted by Gasteiger charge is 2.35. The van der Waals surface area contributed by atoms with Crippen LogP contribution < -0.4 is 10.9 Å². The van der Waals surface area contributed by atoms with Gasteiger partial charge in [0.05, 0.1) is 30.1 Å². The summed E-state index contributed by atoms with van der Waals surface area (Å²) in [5.41, 5.74) is 0.850. The summed E-state index contributed by atoms with van der Waals surface area (Å²) in [7, 11) is 1.68. The van der Waals surface area contributed by atoms with E-state index in [2.05, 4.69) is 24.1 Å². The fourth-order valence-electron chi connectivity index (χ4n) is 4.55. The fraction of sp³-hybridized carbons (Fsp3) is 0.636. The topological polar surface area (TPSA) is 59.4 Å². The number of hydrogen-bond donors (Lipinski definition) is 1. The summed E-state index contributed by atoms with van der Waals surface area (Å²) < 4.78 is 7.18. The molecule has 6 heteroatoms. The first kappa shape index (κ1) is 19.6. The largest absolute Gasteiger partial charge is 0.383 e. The average molecular weight is 385 g/mol. The van der Waals surface area contributed by atoms with Crippen LogP contribution in [0, 0.1) is 5.92 Å². The van der Waals surface area contributed by atoms with Crippen molar-refractivity contribution in [3.63, 3.8) is 0 Å². The molecule has 1 aliphatic carbocycles. The van der Waals surface area contributed by atoms with E-state index >= 15 is 0 Å². The molecule has 6 nitrogen and oxygen atoms in total. The lowest BCUT2D eigenvalue weighted by Gasteiger charge is -2.41. The Balaban J connectivity index is 1.80. The molecule has 0 amide bonds. The predicted molar refractivity (Wildman–Crippen MR) is 112 cm³/mol. The zero-order chi connectivity index (χ0) is 19.7. The lowest BCUT2D eigenvalue weighted by molar-refractivity contribution is 0.103. The molecule has 0 radical (unpaired) electrons. The van der Waals surface area contributed by atoms with Crippen LogP contribution in [0.3, 0.4) is 0 Å². The van der Waals surface area contributed by atoms with Gasteiger partial charge in [-0.2, -0.15) is 0 Å². The molecule has 1 unspecified atom stereocenters. The molecule has 0 spiro atoms. The minimum Gasteiger partial charge on any atom is -0.383 e. The lowest BCUT2D eigenvalue weighted by atomic mass is 10.0. The van der Waals surface area contributed by atoms with Crippen molar-refractivity contribution in [1.82, 2.24) is 19.8 Å². The highest BCUT2D eigenvalue weighted by atomic mass is 16.5. The number of para-hydroxylation sites is 1. The van der Waals surface area contributed by atoms with Crippen molar-refractivity contribution in [2.24, 2.45) is 5.92 Å². The first-order chi connectivity index (χ1) is 13.6. The molecule has 1 N–H and O–H groups in total. The van der Waals surface area contributed by atoms with E-state index in [1.807, 2.05) is 28.8 Å². The summed E-state index contributed by atoms with van der Waals surface area (Å²) in [6, 6.07) is 8.75. The summed E-state index contributed by atoms with van der Waals surface area (Å²) in [4.78, 5) is 20.9. The second-order valence-corrected chi connectivity index (χ2v) is 8.55. The van der Waals surface area contributed by atoms with Gasteiger partial charge in [0.2, 0.25) is 0 Å². The number of methoxy groups -OCH3 is 1. The summed E-state index contributed by atoms with van der Waals surface area (Å²) in [5.74, 6) is 1.67. The van der Waals surface area contributed by atoms with Crippen molar-refractivity contribution in [2.45, 2.75) is 57.8 Å². The number of nitrogens with zero attached hydrogens (tertiary/aromatic N) is 3. The molecular formula is C22H32N4O2. The monoisotopic (exact) mass is 384 g/mol. The number of hydrogen-bond acceptors (Lipinski definition) is 5. The van der Waals surface area contributed by atoms with Crippen LogP contribution in [-0.2, 0) is 11.3 Å². The first-order valence-electron chi connectivity index (χ1n) is 10.5. The van der Waals surface area contributed by atoms with Crippen LogP contribution in [0.2, 0.25) is 0 Å². The molecular weight excluding hydrogens is 352 g/mol. The number of piperazine rings is 1. The van der Waals surface area contributed by atoms with Crippen molar-refractivity contribution >= 4 is 10.9 Å². The van der Waals surface area contributed by atoms with Crippen LogP contribution in [0.15, 0.2) is 29.1 Å². The summed E-state index contributed by atoms with van der Waals surface area (Å²) in [6.07, 6.45) is 3.67. The molecule has 2 heterocycles. The maximum absolute atomic E-state index is 13.3. The van der Waals surface area contributed by atoms with E-state index in [9.17, 15) is 4.79 Å². The highest BCUT2D eigenvalue weighted by Crippen LogP contribution is 2.40. The van der Waals surface area contributed by atoms with Gasteiger partial charge in [0.15, 0.2) is 0 Å². The van der Waals surface area contributed by atoms with E-state index in [0.717, 1.165) is 36.8 Å². The predicted octanol–water partition coefficient (Wildman–Crippen LogP) is 2.57. The van der Waals surface area contributed by atoms with E-state index < -0.39 is 0 Å². The number of benzene rings is 1. The van der Waals surface area contributed by atoms with Gasteiger partial charge in [-0.3, -0.25) is 14.3 Å². The minimum atomic E-state index is 0.0506. The normalized spacial score (nSPS) is 24.5. The Kier molecular flexibility index (Phi) is 5.80. The summed E-state index contributed by atoms with van der Waals surface area (Å²) in [5, 5.41) is 4.31. The van der Waals surface area contributed by atoms with E-state index in [1.54, 1.807) is 7.11 Å². The molecule has 2 aromatic rings. The Morgan fingerprint density at radius 3 is 2.61 bits per heavy atom. The zero-order valence-electron chi connectivity index (χ0n) is 17.2. The van der Waals surface area contributed by atoms with Gasteiger partial charge in [0.1, 0.15) is 5.82 Å². The third-order valence-corrected chi connectivity index (χ3v) is 5.99. The summed E-state index contributed by atoms with van der Waals surface area (Å²) >= 11 is 0. The van der Waals surface area contributed by atoms with Crippen molar-refractivity contribution in [2.75, 3.05) is 26.8 Å². The molecule has 1 aliphatic heterocycles. The molecule has 2 fully saturated rings. The van der Waals surface area contributed by atoms with Gasteiger partial charge in [-0.1, -0.05) is 25.0 Å². The molecule has 3 atom stereocenters. The van der Waals surface area contributed by atoms with Gasteiger partial charge in [-0.05, 0) is 38.3 Å².